The summed E-state index contributed by atoms with van der Waals surface area (Å²) in [6.07, 6.45) is -0.377. The first-order chi connectivity index (χ1) is 5.60. The summed E-state index contributed by atoms with van der Waals surface area (Å²) in [6, 6.07) is 0. The van der Waals surface area contributed by atoms with Crippen molar-refractivity contribution < 1.29 is 18.5 Å². The Morgan fingerprint density at radius 2 is 1.83 bits per heavy atom. The molecule has 1 rings (SSSR count). The van der Waals surface area contributed by atoms with Crippen molar-refractivity contribution in [3.63, 3.8) is 0 Å². The van der Waals surface area contributed by atoms with Gasteiger partial charge in [0, 0.05) is 6.42 Å². The van der Waals surface area contributed by atoms with Crippen LogP contribution in [0.3, 0.4) is 0 Å². The zero-order chi connectivity index (χ0) is 10.2. The average molecular weight is 180 g/mol. The summed E-state index contributed by atoms with van der Waals surface area (Å²) in [5, 5.41) is 6.50. The largest absolute Gasteiger partial charge is 0.461 e. The summed E-state index contributed by atoms with van der Waals surface area (Å²) in [5.74, 6) is -2.56. The number of halogens is 2. The molecule has 2 radical (unpaired) electrons. The van der Waals surface area contributed by atoms with Gasteiger partial charge in [0.05, 0.1) is 6.10 Å². The van der Waals surface area contributed by atoms with Crippen LogP contribution in [0.15, 0.2) is 0 Å². The highest BCUT2D eigenvalue weighted by Crippen LogP contribution is 2.28. The summed E-state index contributed by atoms with van der Waals surface area (Å²) < 4.78 is 28.8. The van der Waals surface area contributed by atoms with Gasteiger partial charge < -0.3 is 9.76 Å². The van der Waals surface area contributed by atoms with Crippen LogP contribution in [-0.4, -0.2) is 31.7 Å². The molecule has 0 aromatic rings. The number of hydrogen-bond acceptors (Lipinski definition) is 2. The first kappa shape index (κ1) is 14.4. The van der Waals surface area contributed by atoms with Gasteiger partial charge in [-0.3, -0.25) is 0 Å². The number of hydrogen-bond donors (Lipinski definition) is 1. The van der Waals surface area contributed by atoms with Crippen LogP contribution in [0.4, 0.5) is 8.78 Å². The van der Waals surface area contributed by atoms with Crippen molar-refractivity contribution in [3.8, 4) is 0 Å². The van der Waals surface area contributed by atoms with Gasteiger partial charge in [-0.1, -0.05) is 13.8 Å². The Bertz CT molecular complexity index is 101. The van der Waals surface area contributed by atoms with Crippen LogP contribution in [0, 0.1) is 0 Å². The van der Waals surface area contributed by atoms with Crippen LogP contribution >= 0.6 is 0 Å². The molecule has 1 aliphatic rings. The van der Waals surface area contributed by atoms with Crippen LogP contribution in [0.2, 0.25) is 0 Å². The van der Waals surface area contributed by atoms with Gasteiger partial charge in [-0.05, 0) is 6.92 Å². The Balaban J connectivity index is 0. The second-order valence-corrected chi connectivity index (χ2v) is 2.18. The summed E-state index contributed by atoms with van der Waals surface area (Å²) in [7, 11) is 3.50. The van der Waals surface area contributed by atoms with Gasteiger partial charge in [0.2, 0.25) is 0 Å². The van der Waals surface area contributed by atoms with E-state index in [1.54, 1.807) is 6.92 Å². The monoisotopic (exact) mass is 180 g/mol. The first-order valence-corrected chi connectivity index (χ1v) is 3.85. The lowest BCUT2D eigenvalue weighted by molar-refractivity contribution is -0.00948. The summed E-state index contributed by atoms with van der Waals surface area (Å²) >= 11 is 0. The topological polar surface area (TPSA) is 29.5 Å². The molecule has 1 unspecified atom stereocenters. The van der Waals surface area contributed by atoms with Gasteiger partial charge in [0.15, 0.2) is 0 Å². The third kappa shape index (κ3) is 6.55. The van der Waals surface area contributed by atoms with Crippen molar-refractivity contribution in [1.29, 1.82) is 0 Å². The summed E-state index contributed by atoms with van der Waals surface area (Å²) in [5.41, 5.74) is 0. The van der Waals surface area contributed by atoms with Crippen molar-refractivity contribution in [2.45, 2.75) is 39.2 Å². The molecule has 1 N–H and O–H groups in total. The van der Waals surface area contributed by atoms with Crippen LogP contribution in [0.5, 0.6) is 0 Å². The summed E-state index contributed by atoms with van der Waals surface area (Å²) in [6.45, 7) is 5.26. The highest BCUT2D eigenvalue weighted by Gasteiger charge is 2.38. The SMILES string of the molecule is CC.CC1CC(F)(F)CO1.[B]O. The van der Waals surface area contributed by atoms with Gasteiger partial charge in [-0.25, -0.2) is 8.78 Å². The minimum absolute atomic E-state index is 0.118. The van der Waals surface area contributed by atoms with Gasteiger partial charge in [0.1, 0.15) is 6.61 Å². The maximum Gasteiger partial charge on any atom is 0.277 e. The van der Waals surface area contributed by atoms with E-state index in [1.807, 2.05) is 13.8 Å². The predicted molar refractivity (Wildman–Crippen MR) is 44.3 cm³/mol. The Morgan fingerprint density at radius 1 is 1.42 bits per heavy atom. The van der Waals surface area contributed by atoms with Crippen molar-refractivity contribution >= 4 is 8.05 Å². The standard InChI is InChI=1S/C5H8F2O.C2H6.BHO/c1-4-2-5(6,7)3-8-4;2*1-2/h4H,2-3H2,1H3;1-2H3;2H. The van der Waals surface area contributed by atoms with Crippen molar-refractivity contribution in [1.82, 2.24) is 0 Å². The van der Waals surface area contributed by atoms with E-state index >= 15 is 0 Å². The van der Waals surface area contributed by atoms with Crippen LogP contribution in [0.25, 0.3) is 0 Å². The average Bonchev–Trinajstić information content (AvgIpc) is 2.37. The number of rotatable bonds is 0. The van der Waals surface area contributed by atoms with Crippen LogP contribution < -0.4 is 0 Å². The molecular weight excluding hydrogens is 165 g/mol. The second kappa shape index (κ2) is 7.49. The lowest BCUT2D eigenvalue weighted by Gasteiger charge is -2.01. The Labute approximate surface area is 73.4 Å². The first-order valence-electron chi connectivity index (χ1n) is 3.85. The molecule has 0 aliphatic carbocycles. The van der Waals surface area contributed by atoms with Crippen LogP contribution in [-0.2, 0) is 4.74 Å². The summed E-state index contributed by atoms with van der Waals surface area (Å²) in [4.78, 5) is 0. The quantitative estimate of drug-likeness (QED) is 0.572. The molecule has 12 heavy (non-hydrogen) atoms. The van der Waals surface area contributed by atoms with E-state index in [0.717, 1.165) is 0 Å². The fourth-order valence-electron chi connectivity index (χ4n) is 0.803. The highest BCUT2D eigenvalue weighted by molar-refractivity contribution is 5.95. The van der Waals surface area contributed by atoms with E-state index < -0.39 is 12.5 Å². The molecule has 0 aromatic heterocycles. The maximum absolute atomic E-state index is 12.1. The van der Waals surface area contributed by atoms with Crippen molar-refractivity contribution in [3.05, 3.63) is 0 Å². The van der Waals surface area contributed by atoms with Gasteiger partial charge >= 0.3 is 0 Å². The second-order valence-electron chi connectivity index (χ2n) is 2.18. The zero-order valence-corrected chi connectivity index (χ0v) is 7.68. The van der Waals surface area contributed by atoms with Gasteiger partial charge in [0.25, 0.3) is 14.0 Å². The Hall–Kier alpha value is -0.155. The van der Waals surface area contributed by atoms with Crippen molar-refractivity contribution in [2.75, 3.05) is 6.61 Å². The van der Waals surface area contributed by atoms with Gasteiger partial charge in [-0.15, -0.1) is 0 Å². The van der Waals surface area contributed by atoms with E-state index in [2.05, 4.69) is 12.8 Å². The molecule has 0 saturated carbocycles. The molecule has 0 bridgehead atoms. The molecular formula is C7H15BF2O2. The minimum atomic E-state index is -2.56. The van der Waals surface area contributed by atoms with Crippen LogP contribution in [0.1, 0.15) is 27.2 Å². The predicted octanol–water partition coefficient (Wildman–Crippen LogP) is 1.52. The van der Waals surface area contributed by atoms with E-state index in [0.29, 0.717) is 0 Å². The molecule has 1 heterocycles. The molecule has 0 aromatic carbocycles. The molecule has 0 spiro atoms. The fraction of sp³-hybridized carbons (Fsp3) is 1.00. The van der Waals surface area contributed by atoms with E-state index in [4.69, 9.17) is 5.02 Å². The molecule has 1 aliphatic heterocycles. The zero-order valence-electron chi connectivity index (χ0n) is 7.68. The third-order valence-electron chi connectivity index (χ3n) is 1.17. The lowest BCUT2D eigenvalue weighted by Crippen LogP contribution is -2.14. The fourth-order valence-corrected chi connectivity index (χ4v) is 0.803. The normalized spacial score (nSPS) is 24.7. The molecule has 5 heteroatoms. The lowest BCUT2D eigenvalue weighted by atomic mass is 10.2. The van der Waals surface area contributed by atoms with Gasteiger partial charge in [-0.2, -0.15) is 0 Å². The minimum Gasteiger partial charge on any atom is -0.461 e. The smallest absolute Gasteiger partial charge is 0.277 e. The number of alkyl halides is 2. The Morgan fingerprint density at radius 3 is 1.92 bits per heavy atom. The molecule has 72 valence electrons. The number of ether oxygens (including phenoxy) is 1. The third-order valence-corrected chi connectivity index (χ3v) is 1.17. The molecule has 2 nitrogen and oxygen atoms in total. The van der Waals surface area contributed by atoms with E-state index in [9.17, 15) is 8.78 Å². The van der Waals surface area contributed by atoms with E-state index in [-0.39, 0.29) is 12.5 Å². The molecule has 1 saturated heterocycles. The van der Waals surface area contributed by atoms with Crippen molar-refractivity contribution in [2.24, 2.45) is 0 Å². The molecule has 1 atom stereocenters. The Kier molecular flexibility index (Phi) is 8.97. The van der Waals surface area contributed by atoms with E-state index in [1.165, 1.54) is 0 Å². The highest BCUT2D eigenvalue weighted by atomic mass is 19.3. The molecule has 1 fully saturated rings. The maximum atomic E-state index is 12.1. The molecule has 0 amide bonds.